The molecule has 0 radical (unpaired) electrons. The molecule has 10 rings (SSSR count). The number of fused-ring (bicyclic) bond motifs is 2. The van der Waals surface area contributed by atoms with E-state index in [-0.39, 0.29) is 24.3 Å². The molecule has 2 fully saturated rings. The largest absolute Gasteiger partial charge is 0.504 e. The van der Waals surface area contributed by atoms with Crippen molar-refractivity contribution < 1.29 is 38.9 Å². The van der Waals surface area contributed by atoms with Crippen LogP contribution in [0.5, 0.6) is 28.7 Å². The van der Waals surface area contributed by atoms with Gasteiger partial charge in [0.2, 0.25) is 0 Å². The average Bonchev–Trinajstić information content (AvgIpc) is 3.92. The van der Waals surface area contributed by atoms with Crippen molar-refractivity contribution in [3.05, 3.63) is 150 Å². The van der Waals surface area contributed by atoms with Crippen LogP contribution in [0.4, 0.5) is 0 Å². The summed E-state index contributed by atoms with van der Waals surface area (Å²) in [6, 6.07) is 41.1. The molecular formula is C56H59N4O8P. The van der Waals surface area contributed by atoms with Crippen molar-refractivity contribution >= 4 is 41.1 Å². The van der Waals surface area contributed by atoms with Gasteiger partial charge in [-0.1, -0.05) is 76.3 Å². The van der Waals surface area contributed by atoms with E-state index in [1.165, 1.54) is 38.5 Å². The molecule has 2 aliphatic rings. The van der Waals surface area contributed by atoms with Gasteiger partial charge in [0.05, 0.1) is 40.3 Å². The maximum absolute atomic E-state index is 12.4. The molecule has 8 aromatic rings. The Hall–Kier alpha value is -7.17. The van der Waals surface area contributed by atoms with E-state index >= 15 is 0 Å². The number of benzene rings is 6. The molecule has 3 N–H and O–H groups in total. The Morgan fingerprint density at radius 2 is 1.00 bits per heavy atom. The molecule has 0 aliphatic heterocycles. The molecule has 2 heterocycles. The molecule has 0 unspecified atom stereocenters. The number of hydrogen-bond donors (Lipinski definition) is 3. The van der Waals surface area contributed by atoms with E-state index in [2.05, 4.69) is 9.13 Å². The van der Waals surface area contributed by atoms with Crippen LogP contribution in [-0.2, 0) is 10.7 Å². The number of rotatable bonds is 12. The minimum Gasteiger partial charge on any atom is -0.504 e. The normalized spacial score (nSPS) is 14.4. The Balaban J connectivity index is 0.000000185. The van der Waals surface area contributed by atoms with Crippen molar-refractivity contribution in [1.29, 1.82) is 0 Å². The molecule has 356 valence electrons. The second kappa shape index (κ2) is 21.0. The van der Waals surface area contributed by atoms with Crippen molar-refractivity contribution in [2.75, 3.05) is 13.3 Å². The quantitative estimate of drug-likeness (QED) is 0.100. The summed E-state index contributed by atoms with van der Waals surface area (Å²) in [6.07, 6.45) is 12.1. The molecule has 6 aromatic carbocycles. The molecule has 0 bridgehead atoms. The Morgan fingerprint density at radius 1 is 0.580 bits per heavy atom. The number of aromatic hydroxyl groups is 1. The van der Waals surface area contributed by atoms with Crippen molar-refractivity contribution in [2.24, 2.45) is 0 Å². The second-order valence-corrected chi connectivity index (χ2v) is 21.7. The molecule has 69 heavy (non-hydrogen) atoms. The summed E-state index contributed by atoms with van der Waals surface area (Å²) in [6.45, 7) is 3.58. The highest BCUT2D eigenvalue weighted by Gasteiger charge is 2.25. The van der Waals surface area contributed by atoms with Crippen molar-refractivity contribution in [1.82, 2.24) is 19.1 Å². The van der Waals surface area contributed by atoms with Gasteiger partial charge in [0.1, 0.15) is 28.9 Å². The monoisotopic (exact) mass is 946 g/mol. The number of imidazole rings is 2. The van der Waals surface area contributed by atoms with Crippen molar-refractivity contribution in [3.8, 4) is 51.5 Å². The summed E-state index contributed by atoms with van der Waals surface area (Å²) in [5.41, 5.74) is 6.65. The molecule has 0 spiro atoms. The Kier molecular flexibility index (Phi) is 14.7. The third-order valence-electron chi connectivity index (χ3n) is 12.8. The lowest BCUT2D eigenvalue weighted by atomic mass is 9.95. The maximum atomic E-state index is 12.4. The highest BCUT2D eigenvalue weighted by Crippen LogP contribution is 2.44. The van der Waals surface area contributed by atoms with Crippen LogP contribution in [0.15, 0.2) is 133 Å². The van der Waals surface area contributed by atoms with Crippen LogP contribution in [0.3, 0.4) is 0 Å². The summed E-state index contributed by atoms with van der Waals surface area (Å²) in [5.74, 6) is 2.30. The first-order chi connectivity index (χ1) is 32.9. The summed E-state index contributed by atoms with van der Waals surface area (Å²) < 4.78 is 28.9. The lowest BCUT2D eigenvalue weighted by Gasteiger charge is -2.25. The Labute approximate surface area is 402 Å². The zero-order valence-corrected chi connectivity index (χ0v) is 39.1. The van der Waals surface area contributed by atoms with Gasteiger partial charge in [-0.15, -0.1) is 0 Å². The van der Waals surface area contributed by atoms with Crippen molar-refractivity contribution in [3.63, 3.8) is 0 Å². The molecule has 2 saturated carbocycles. The fraction of sp³-hybridized carbons (Fsp3) is 0.286. The van der Waals surface area contributed by atoms with Crippen LogP contribution in [0.1, 0.15) is 110 Å². The third kappa shape index (κ3) is 11.1. The zero-order valence-electron chi connectivity index (χ0n) is 38.3. The molecule has 2 aliphatic carbocycles. The lowest BCUT2D eigenvalue weighted by molar-refractivity contribution is 0.0686. The second-order valence-electron chi connectivity index (χ2n) is 18.3. The summed E-state index contributed by atoms with van der Waals surface area (Å²) in [4.78, 5) is 32.7. The number of carbonyl (C=O) groups is 2. The van der Waals surface area contributed by atoms with Crippen LogP contribution in [0.25, 0.3) is 44.8 Å². The number of aromatic nitrogens is 4. The summed E-state index contributed by atoms with van der Waals surface area (Å²) >= 11 is 0. The molecule has 12 nitrogen and oxygen atoms in total. The van der Waals surface area contributed by atoms with Crippen LogP contribution in [0.2, 0.25) is 0 Å². The fourth-order valence-corrected chi connectivity index (χ4v) is 10.7. The number of carboxylic acids is 2. The molecule has 2 aromatic heterocycles. The lowest BCUT2D eigenvalue weighted by Crippen LogP contribution is -2.14. The minimum atomic E-state index is -2.24. The number of para-hydroxylation sites is 3. The third-order valence-corrected chi connectivity index (χ3v) is 13.9. The van der Waals surface area contributed by atoms with E-state index in [0.717, 1.165) is 65.1 Å². The number of phenolic OH excluding ortho intramolecular Hbond substituents is 1. The number of nitrogens with zero attached hydrogens (tertiary/aromatic N) is 4. The maximum Gasteiger partial charge on any atom is 0.335 e. The van der Waals surface area contributed by atoms with Gasteiger partial charge in [0.15, 0.2) is 11.5 Å². The standard InChI is InChI=1S/C29H31N2O4P.C26H24N2O4.CH4/c1-36(2,34)19-22-8-6-7-11-27(22)35-24-15-12-20(13-16-24)28-30-25-18-21(29(32)33)14-17-26(25)31(28)23-9-4-3-5-10-23;29-23-8-4-5-9-24(23)32-20-13-10-17(11-14-20)25-27-21-16-18(26(30)31)12-15-22(21)28(25)19-6-2-1-3-7-19;/h6-8,11-18,23H,3-5,9-10,19H2,1-2H3,(H,32,33);4-5,8-16,19,29H,1-3,6-7H2,(H,30,31);1H4. The van der Waals surface area contributed by atoms with Gasteiger partial charge in [0, 0.05) is 34.9 Å². The fourth-order valence-electron chi connectivity index (χ4n) is 9.57. The highest BCUT2D eigenvalue weighted by atomic mass is 31.2. The van der Waals surface area contributed by atoms with Gasteiger partial charge in [-0.3, -0.25) is 0 Å². The zero-order chi connectivity index (χ0) is 47.4. The van der Waals surface area contributed by atoms with E-state index in [1.54, 1.807) is 61.9 Å². The van der Waals surface area contributed by atoms with E-state index in [9.17, 15) is 29.5 Å². The summed E-state index contributed by atoms with van der Waals surface area (Å²) in [7, 11) is -2.24. The number of ether oxygens (including phenoxy) is 2. The number of phenols is 1. The van der Waals surface area contributed by atoms with Gasteiger partial charge in [-0.25, -0.2) is 19.6 Å². The Bertz CT molecular complexity index is 3140. The van der Waals surface area contributed by atoms with Crippen LogP contribution in [0, 0.1) is 0 Å². The minimum absolute atomic E-state index is 0. The SMILES string of the molecule is C.CP(C)(=O)Cc1ccccc1Oc1ccc(-c2nc3cc(C(=O)O)ccc3n2C2CCCCC2)cc1.O=C(O)c1ccc2c(c1)nc(-c1ccc(Oc3ccccc3O)cc1)n2C1CCCCC1. The number of carboxylic acid groups (broad SMARTS) is 2. The van der Waals surface area contributed by atoms with Crippen LogP contribution in [-0.4, -0.2) is 59.7 Å². The topological polar surface area (TPSA) is 166 Å². The van der Waals surface area contributed by atoms with E-state index < -0.39 is 19.1 Å². The van der Waals surface area contributed by atoms with Crippen LogP contribution >= 0.6 is 7.14 Å². The van der Waals surface area contributed by atoms with Gasteiger partial charge in [-0.2, -0.15) is 0 Å². The van der Waals surface area contributed by atoms with Gasteiger partial charge in [0.25, 0.3) is 0 Å². The van der Waals surface area contributed by atoms with Crippen molar-refractivity contribution in [2.45, 2.75) is 89.9 Å². The first-order valence-corrected chi connectivity index (χ1v) is 26.1. The average molecular weight is 947 g/mol. The molecule has 0 saturated heterocycles. The molecule has 0 amide bonds. The van der Waals surface area contributed by atoms with E-state index in [4.69, 9.17) is 19.4 Å². The first kappa shape index (κ1) is 48.3. The number of hydrogen-bond acceptors (Lipinski definition) is 8. The predicted molar refractivity (Wildman–Crippen MR) is 273 cm³/mol. The highest BCUT2D eigenvalue weighted by molar-refractivity contribution is 7.61. The van der Waals surface area contributed by atoms with E-state index in [1.807, 2.05) is 84.9 Å². The number of aromatic carboxylic acids is 2. The molecule has 0 atom stereocenters. The molecular weight excluding hydrogens is 888 g/mol. The smallest absolute Gasteiger partial charge is 0.335 e. The first-order valence-electron chi connectivity index (χ1n) is 23.4. The molecule has 13 heteroatoms. The van der Waals surface area contributed by atoms with Gasteiger partial charge < -0.3 is 38.5 Å². The van der Waals surface area contributed by atoms with Gasteiger partial charge in [-0.05, 0) is 142 Å². The van der Waals surface area contributed by atoms with E-state index in [0.29, 0.717) is 52.3 Å². The van der Waals surface area contributed by atoms with Gasteiger partial charge >= 0.3 is 11.9 Å². The Morgan fingerprint density at radius 3 is 1.43 bits per heavy atom. The van der Waals surface area contributed by atoms with Crippen LogP contribution < -0.4 is 9.47 Å². The predicted octanol–water partition coefficient (Wildman–Crippen LogP) is 14.9. The summed E-state index contributed by atoms with van der Waals surface area (Å²) in [5, 5.41) is 28.8.